The lowest BCUT2D eigenvalue weighted by atomic mass is 9.87. The topological polar surface area (TPSA) is 95.4 Å². The molecule has 38 heavy (non-hydrogen) atoms. The summed E-state index contributed by atoms with van der Waals surface area (Å²) in [5.74, 6) is 0.711. The molecule has 1 aliphatic heterocycles. The molecule has 0 aliphatic carbocycles. The van der Waals surface area contributed by atoms with Crippen LogP contribution in [0.25, 0.3) is 38.8 Å². The van der Waals surface area contributed by atoms with Crippen molar-refractivity contribution in [3.8, 4) is 23.0 Å². The summed E-state index contributed by atoms with van der Waals surface area (Å²) in [5, 5.41) is 7.64. The number of rotatable bonds is 2. The van der Waals surface area contributed by atoms with Crippen LogP contribution in [0.2, 0.25) is 0 Å². The minimum Gasteiger partial charge on any atom is -0.437 e. The van der Waals surface area contributed by atoms with Crippen LogP contribution < -0.4 is 10.4 Å². The van der Waals surface area contributed by atoms with E-state index in [9.17, 15) is 4.79 Å². The van der Waals surface area contributed by atoms with Crippen molar-refractivity contribution in [2.45, 2.75) is 5.92 Å². The van der Waals surface area contributed by atoms with Gasteiger partial charge in [0.25, 0.3) is 0 Å². The summed E-state index contributed by atoms with van der Waals surface area (Å²) < 4.78 is 13.7. The largest absolute Gasteiger partial charge is 0.437 e. The average molecular weight is 495 g/mol. The maximum Gasteiger partial charge on any atom is 0.344 e. The molecule has 8 heteroatoms. The van der Waals surface area contributed by atoms with Crippen molar-refractivity contribution in [2.24, 2.45) is 0 Å². The lowest BCUT2D eigenvalue weighted by Gasteiger charge is -2.26. The predicted octanol–water partition coefficient (Wildman–Crippen LogP) is 5.73. The predicted molar refractivity (Wildman–Crippen MR) is 141 cm³/mol. The highest BCUT2D eigenvalue weighted by atomic mass is 16.5. The van der Waals surface area contributed by atoms with E-state index in [1.54, 1.807) is 23.1 Å². The molecule has 1 atom stereocenters. The zero-order valence-corrected chi connectivity index (χ0v) is 19.8. The van der Waals surface area contributed by atoms with Gasteiger partial charge in [0.15, 0.2) is 17.2 Å². The number of aromatic nitrogens is 5. The van der Waals surface area contributed by atoms with E-state index < -0.39 is 11.5 Å². The molecule has 7 aromatic rings. The number of pyridine rings is 1. The van der Waals surface area contributed by atoms with Crippen LogP contribution in [0.3, 0.4) is 0 Å². The second-order valence-corrected chi connectivity index (χ2v) is 9.15. The van der Waals surface area contributed by atoms with E-state index in [4.69, 9.17) is 19.2 Å². The van der Waals surface area contributed by atoms with Gasteiger partial charge in [-0.1, -0.05) is 54.6 Å². The Bertz CT molecular complexity index is 2100. The van der Waals surface area contributed by atoms with Crippen LogP contribution in [0.1, 0.15) is 22.7 Å². The van der Waals surface area contributed by atoms with Gasteiger partial charge in [0.2, 0.25) is 5.88 Å². The van der Waals surface area contributed by atoms with Gasteiger partial charge in [0, 0.05) is 11.8 Å². The molecule has 0 bridgehead atoms. The quantitative estimate of drug-likeness (QED) is 0.283. The van der Waals surface area contributed by atoms with Crippen molar-refractivity contribution in [1.82, 2.24) is 24.6 Å². The van der Waals surface area contributed by atoms with Gasteiger partial charge in [-0.05, 0) is 41.1 Å². The van der Waals surface area contributed by atoms with Crippen molar-refractivity contribution < 1.29 is 9.15 Å². The Morgan fingerprint density at radius 3 is 2.55 bits per heavy atom. The van der Waals surface area contributed by atoms with E-state index in [2.05, 4.69) is 34.2 Å². The van der Waals surface area contributed by atoms with Crippen LogP contribution in [-0.4, -0.2) is 24.6 Å². The molecule has 1 unspecified atom stereocenters. The Kier molecular flexibility index (Phi) is 4.27. The summed E-state index contributed by atoms with van der Waals surface area (Å²) in [4.78, 5) is 27.5. The van der Waals surface area contributed by atoms with E-state index >= 15 is 0 Å². The third-order valence-corrected chi connectivity index (χ3v) is 6.95. The van der Waals surface area contributed by atoms with Crippen LogP contribution in [-0.2, 0) is 0 Å². The third-order valence-electron chi connectivity index (χ3n) is 6.95. The summed E-state index contributed by atoms with van der Waals surface area (Å²) in [6.07, 6.45) is 3.28. The lowest BCUT2D eigenvalue weighted by Crippen LogP contribution is -2.23. The molecular weight excluding hydrogens is 478 g/mol. The number of hydrogen-bond acceptors (Lipinski definition) is 7. The first-order chi connectivity index (χ1) is 18.7. The highest BCUT2D eigenvalue weighted by Crippen LogP contribution is 2.48. The van der Waals surface area contributed by atoms with Crippen molar-refractivity contribution in [3.63, 3.8) is 0 Å². The fourth-order valence-electron chi connectivity index (χ4n) is 5.22. The maximum atomic E-state index is 13.4. The minimum atomic E-state index is -0.611. The SMILES string of the molecule is O=c1oc2ccccc2c2c1C(c1ccccn1)c1c(ncn3nc(-c4ccc5ccccc5c4)nc13)O2. The van der Waals surface area contributed by atoms with Gasteiger partial charge in [-0.25, -0.2) is 19.3 Å². The van der Waals surface area contributed by atoms with Gasteiger partial charge < -0.3 is 9.15 Å². The molecule has 0 saturated carbocycles. The van der Waals surface area contributed by atoms with Gasteiger partial charge in [-0.2, -0.15) is 0 Å². The third kappa shape index (κ3) is 3.00. The van der Waals surface area contributed by atoms with Crippen LogP contribution in [0.4, 0.5) is 0 Å². The van der Waals surface area contributed by atoms with Gasteiger partial charge in [0.05, 0.1) is 28.1 Å². The molecule has 0 N–H and O–H groups in total. The fourth-order valence-corrected chi connectivity index (χ4v) is 5.22. The Morgan fingerprint density at radius 2 is 1.66 bits per heavy atom. The zero-order chi connectivity index (χ0) is 25.2. The first-order valence-corrected chi connectivity index (χ1v) is 12.1. The standard InChI is InChI=1S/C30H17N5O3/c36-30-24-23(21-10-5-6-14-31-21)25-28-33-27(19-13-12-17-7-1-2-8-18(17)15-19)34-35(28)16-32-29(25)38-26(24)20-9-3-4-11-22(20)37-30/h1-16,23H. The first-order valence-electron chi connectivity index (χ1n) is 12.1. The minimum absolute atomic E-state index is 0.355. The molecule has 5 heterocycles. The number of hydrogen-bond donors (Lipinski definition) is 0. The monoisotopic (exact) mass is 495 g/mol. The molecule has 180 valence electrons. The molecule has 0 fully saturated rings. The first kappa shape index (κ1) is 20.8. The average Bonchev–Trinajstić information content (AvgIpc) is 3.41. The normalized spacial score (nSPS) is 14.4. The van der Waals surface area contributed by atoms with Crippen LogP contribution in [0.5, 0.6) is 11.6 Å². The number of nitrogens with zero attached hydrogens (tertiary/aromatic N) is 5. The molecule has 8 nitrogen and oxygen atoms in total. The Labute approximate surface area is 214 Å². The highest BCUT2D eigenvalue weighted by Gasteiger charge is 2.38. The van der Waals surface area contributed by atoms with Crippen molar-refractivity contribution in [3.05, 3.63) is 125 Å². The summed E-state index contributed by atoms with van der Waals surface area (Å²) in [6, 6.07) is 27.2. The molecule has 0 saturated heterocycles. The lowest BCUT2D eigenvalue weighted by molar-refractivity contribution is 0.421. The Morgan fingerprint density at radius 1 is 0.816 bits per heavy atom. The summed E-state index contributed by atoms with van der Waals surface area (Å²) in [7, 11) is 0. The molecule has 0 spiro atoms. The molecule has 4 aromatic heterocycles. The van der Waals surface area contributed by atoms with E-state index in [1.807, 2.05) is 54.6 Å². The highest BCUT2D eigenvalue weighted by molar-refractivity contribution is 5.88. The smallest absolute Gasteiger partial charge is 0.344 e. The van der Waals surface area contributed by atoms with Crippen LogP contribution in [0.15, 0.2) is 107 Å². The molecule has 3 aromatic carbocycles. The zero-order valence-electron chi connectivity index (χ0n) is 19.8. The van der Waals surface area contributed by atoms with Crippen LogP contribution in [0, 0.1) is 0 Å². The van der Waals surface area contributed by atoms with Crippen molar-refractivity contribution >= 4 is 27.4 Å². The van der Waals surface area contributed by atoms with Gasteiger partial charge in [-0.3, -0.25) is 4.98 Å². The molecule has 0 amide bonds. The number of ether oxygens (including phenoxy) is 1. The molecule has 0 radical (unpaired) electrons. The Balaban J connectivity index is 1.40. The maximum absolute atomic E-state index is 13.4. The van der Waals surface area contributed by atoms with E-state index in [-0.39, 0.29) is 0 Å². The summed E-state index contributed by atoms with van der Waals surface area (Å²) in [6.45, 7) is 0. The number of fused-ring (bicyclic) bond motifs is 7. The second kappa shape index (κ2) is 7.81. The van der Waals surface area contributed by atoms with E-state index in [1.165, 1.54) is 0 Å². The van der Waals surface area contributed by atoms with E-state index in [0.717, 1.165) is 16.3 Å². The number of benzene rings is 3. The molecule has 1 aliphatic rings. The van der Waals surface area contributed by atoms with Crippen LogP contribution >= 0.6 is 0 Å². The number of para-hydroxylation sites is 1. The van der Waals surface area contributed by atoms with Crippen molar-refractivity contribution in [2.75, 3.05) is 0 Å². The van der Waals surface area contributed by atoms with Gasteiger partial charge >= 0.3 is 5.63 Å². The fraction of sp³-hybridized carbons (Fsp3) is 0.0333. The van der Waals surface area contributed by atoms with Gasteiger partial charge in [-0.15, -0.1) is 5.10 Å². The van der Waals surface area contributed by atoms with E-state index in [0.29, 0.717) is 50.9 Å². The second-order valence-electron chi connectivity index (χ2n) is 9.15. The Hall–Kier alpha value is -5.37. The van der Waals surface area contributed by atoms with Gasteiger partial charge in [0.1, 0.15) is 11.9 Å². The molecule has 8 rings (SSSR count). The summed E-state index contributed by atoms with van der Waals surface area (Å²) >= 11 is 0. The van der Waals surface area contributed by atoms with Crippen molar-refractivity contribution in [1.29, 1.82) is 0 Å². The summed E-state index contributed by atoms with van der Waals surface area (Å²) in [5.41, 5.74) is 3.00. The molecular formula is C30H17N5O3.